The molecule has 5 heteroatoms. The van der Waals surface area contributed by atoms with E-state index in [0.717, 1.165) is 37.8 Å². The van der Waals surface area contributed by atoms with E-state index in [2.05, 4.69) is 55.7 Å². The Hall–Kier alpha value is -1.50. The summed E-state index contributed by atoms with van der Waals surface area (Å²) in [5, 5.41) is 6.66. The predicted molar refractivity (Wildman–Crippen MR) is 111 cm³/mol. The molecule has 4 nitrogen and oxygen atoms in total. The second-order valence-corrected chi connectivity index (χ2v) is 6.20. The molecule has 0 bridgehead atoms. The molecule has 0 aliphatic carbocycles. The second kappa shape index (κ2) is 10.4. The van der Waals surface area contributed by atoms with Gasteiger partial charge in [-0.1, -0.05) is 44.2 Å². The molecule has 2 aromatic rings. The van der Waals surface area contributed by atoms with Gasteiger partial charge in [-0.05, 0) is 24.6 Å². The number of rotatable bonds is 7. The summed E-state index contributed by atoms with van der Waals surface area (Å²) in [5.74, 6) is 1.83. The number of furan rings is 1. The topological polar surface area (TPSA) is 49.6 Å². The number of guanidine groups is 1. The van der Waals surface area contributed by atoms with Crippen LogP contribution < -0.4 is 10.6 Å². The van der Waals surface area contributed by atoms with Gasteiger partial charge in [0, 0.05) is 24.9 Å². The van der Waals surface area contributed by atoms with E-state index < -0.39 is 0 Å². The van der Waals surface area contributed by atoms with Gasteiger partial charge in [0.15, 0.2) is 5.96 Å². The highest BCUT2D eigenvalue weighted by molar-refractivity contribution is 14.0. The number of hydrogen-bond donors (Lipinski definition) is 2. The number of nitrogens with one attached hydrogen (secondary N) is 2. The van der Waals surface area contributed by atoms with E-state index in [4.69, 9.17) is 9.41 Å². The van der Waals surface area contributed by atoms with Gasteiger partial charge in [0.05, 0.1) is 12.8 Å². The fourth-order valence-electron chi connectivity index (χ4n) is 2.36. The van der Waals surface area contributed by atoms with E-state index in [1.54, 1.807) is 6.26 Å². The Labute approximate surface area is 162 Å². The van der Waals surface area contributed by atoms with Crippen molar-refractivity contribution in [2.45, 2.75) is 32.6 Å². The molecule has 1 aromatic carbocycles. The molecule has 1 aromatic heterocycles. The average molecular weight is 441 g/mol. The summed E-state index contributed by atoms with van der Waals surface area (Å²) in [4.78, 5) is 4.74. The van der Waals surface area contributed by atoms with Crippen LogP contribution >= 0.6 is 24.0 Å². The van der Waals surface area contributed by atoms with Crippen molar-refractivity contribution in [3.8, 4) is 0 Å². The van der Waals surface area contributed by atoms with Crippen molar-refractivity contribution < 1.29 is 4.42 Å². The van der Waals surface area contributed by atoms with E-state index >= 15 is 0 Å². The lowest BCUT2D eigenvalue weighted by atomic mass is 9.85. The first kappa shape index (κ1) is 20.5. The fourth-order valence-corrected chi connectivity index (χ4v) is 2.36. The third-order valence-corrected chi connectivity index (χ3v) is 3.78. The molecule has 0 amide bonds. The maximum absolute atomic E-state index is 5.35. The van der Waals surface area contributed by atoms with Crippen LogP contribution in [0.1, 0.15) is 32.1 Å². The molecule has 0 radical (unpaired) electrons. The van der Waals surface area contributed by atoms with Crippen LogP contribution in [0, 0.1) is 0 Å². The van der Waals surface area contributed by atoms with Crippen molar-refractivity contribution in [3.63, 3.8) is 0 Å². The summed E-state index contributed by atoms with van der Waals surface area (Å²) in [6, 6.07) is 14.4. The van der Waals surface area contributed by atoms with Gasteiger partial charge in [0.25, 0.3) is 0 Å². The third-order valence-electron chi connectivity index (χ3n) is 3.78. The first-order valence-corrected chi connectivity index (χ1v) is 8.22. The molecule has 1 heterocycles. The maximum Gasteiger partial charge on any atom is 0.191 e. The van der Waals surface area contributed by atoms with Crippen LogP contribution in [-0.4, -0.2) is 25.6 Å². The molecule has 24 heavy (non-hydrogen) atoms. The largest absolute Gasteiger partial charge is 0.469 e. The standard InChI is InChI=1S/C19H27N3O.HI/c1-4-20-18(21-13-12-17-11-8-14-23-17)22-15-19(2,3)16-9-6-5-7-10-16;/h5-11,14H,4,12-13,15H2,1-3H3,(H2,20,21,22);1H. The van der Waals surface area contributed by atoms with Crippen molar-refractivity contribution in [3.05, 3.63) is 60.1 Å². The van der Waals surface area contributed by atoms with E-state index in [1.165, 1.54) is 5.56 Å². The Kier molecular flexibility index (Phi) is 8.89. The van der Waals surface area contributed by atoms with Crippen LogP contribution in [-0.2, 0) is 11.8 Å². The number of halogens is 1. The van der Waals surface area contributed by atoms with E-state index in [1.807, 2.05) is 18.2 Å². The number of hydrogen-bond acceptors (Lipinski definition) is 2. The molecule has 0 aliphatic rings. The van der Waals surface area contributed by atoms with Crippen LogP contribution in [0.4, 0.5) is 0 Å². The van der Waals surface area contributed by atoms with Gasteiger partial charge >= 0.3 is 0 Å². The second-order valence-electron chi connectivity index (χ2n) is 6.20. The van der Waals surface area contributed by atoms with Gasteiger partial charge in [-0.2, -0.15) is 0 Å². The summed E-state index contributed by atoms with van der Waals surface area (Å²) in [7, 11) is 0. The van der Waals surface area contributed by atoms with Gasteiger partial charge in [-0.25, -0.2) is 0 Å². The Morgan fingerprint density at radius 1 is 1.08 bits per heavy atom. The van der Waals surface area contributed by atoms with E-state index in [-0.39, 0.29) is 29.4 Å². The van der Waals surface area contributed by atoms with Crippen molar-refractivity contribution >= 4 is 29.9 Å². The highest BCUT2D eigenvalue weighted by Crippen LogP contribution is 2.22. The van der Waals surface area contributed by atoms with Gasteiger partial charge in [-0.3, -0.25) is 4.99 Å². The van der Waals surface area contributed by atoms with Gasteiger partial charge in [0.1, 0.15) is 5.76 Å². The van der Waals surface area contributed by atoms with Crippen LogP contribution in [0.3, 0.4) is 0 Å². The van der Waals surface area contributed by atoms with Crippen molar-refractivity contribution in [2.24, 2.45) is 4.99 Å². The van der Waals surface area contributed by atoms with E-state index in [0.29, 0.717) is 0 Å². The highest BCUT2D eigenvalue weighted by atomic mass is 127. The lowest BCUT2D eigenvalue weighted by molar-refractivity contribution is 0.506. The molecule has 0 atom stereocenters. The van der Waals surface area contributed by atoms with Gasteiger partial charge < -0.3 is 15.1 Å². The van der Waals surface area contributed by atoms with Crippen LogP contribution in [0.2, 0.25) is 0 Å². The van der Waals surface area contributed by atoms with Crippen LogP contribution in [0.5, 0.6) is 0 Å². The highest BCUT2D eigenvalue weighted by Gasteiger charge is 2.19. The molecule has 0 aliphatic heterocycles. The summed E-state index contributed by atoms with van der Waals surface area (Å²) in [5.41, 5.74) is 1.31. The fraction of sp³-hybridized carbons (Fsp3) is 0.421. The minimum absolute atomic E-state index is 0. The normalized spacial score (nSPS) is 11.7. The average Bonchev–Trinajstić information content (AvgIpc) is 3.07. The minimum atomic E-state index is 0. The maximum atomic E-state index is 5.35. The van der Waals surface area contributed by atoms with Crippen molar-refractivity contribution in [1.29, 1.82) is 0 Å². The summed E-state index contributed by atoms with van der Waals surface area (Å²) in [6.07, 6.45) is 2.55. The Morgan fingerprint density at radius 2 is 1.83 bits per heavy atom. The van der Waals surface area contributed by atoms with Crippen LogP contribution in [0.15, 0.2) is 58.1 Å². The zero-order valence-corrected chi connectivity index (χ0v) is 17.0. The number of benzene rings is 1. The first-order valence-electron chi connectivity index (χ1n) is 8.22. The quantitative estimate of drug-likeness (QED) is 0.389. The first-order chi connectivity index (χ1) is 11.1. The zero-order chi connectivity index (χ0) is 16.5. The van der Waals surface area contributed by atoms with Crippen molar-refractivity contribution in [1.82, 2.24) is 10.6 Å². The smallest absolute Gasteiger partial charge is 0.191 e. The summed E-state index contributed by atoms with van der Waals surface area (Å²) in [6.45, 7) is 8.89. The van der Waals surface area contributed by atoms with Crippen LogP contribution in [0.25, 0.3) is 0 Å². The lowest BCUT2D eigenvalue weighted by Crippen LogP contribution is -2.39. The molecule has 0 spiro atoms. The predicted octanol–water partition coefficient (Wildman–Crippen LogP) is 3.97. The molecule has 2 N–H and O–H groups in total. The Bertz CT molecular complexity index is 594. The summed E-state index contributed by atoms with van der Waals surface area (Å²) >= 11 is 0. The molecule has 132 valence electrons. The molecule has 0 unspecified atom stereocenters. The molecule has 0 fully saturated rings. The SMILES string of the molecule is CCNC(=NCC(C)(C)c1ccccc1)NCCc1ccco1.I. The lowest BCUT2D eigenvalue weighted by Gasteiger charge is -2.23. The van der Waals surface area contributed by atoms with Gasteiger partial charge in [0.2, 0.25) is 0 Å². The minimum Gasteiger partial charge on any atom is -0.469 e. The van der Waals surface area contributed by atoms with E-state index in [9.17, 15) is 0 Å². The monoisotopic (exact) mass is 441 g/mol. The molecule has 0 saturated heterocycles. The zero-order valence-electron chi connectivity index (χ0n) is 14.7. The molecular weight excluding hydrogens is 413 g/mol. The van der Waals surface area contributed by atoms with Gasteiger partial charge in [-0.15, -0.1) is 24.0 Å². The molecular formula is C19H28IN3O. The Morgan fingerprint density at radius 3 is 2.46 bits per heavy atom. The molecule has 0 saturated carbocycles. The molecule has 2 rings (SSSR count). The third kappa shape index (κ3) is 6.55. The van der Waals surface area contributed by atoms with Crippen molar-refractivity contribution in [2.75, 3.05) is 19.6 Å². The number of aliphatic imine (C=N–C) groups is 1. The number of nitrogens with zero attached hydrogens (tertiary/aromatic N) is 1. The summed E-state index contributed by atoms with van der Waals surface area (Å²) < 4.78 is 5.35. The Balaban J connectivity index is 0.00000288.